The third-order valence-electron chi connectivity index (χ3n) is 4.65. The van der Waals surface area contributed by atoms with E-state index in [1.165, 1.54) is 4.70 Å². The number of fused-ring (bicyclic) bond motifs is 1. The van der Waals surface area contributed by atoms with Crippen LogP contribution in [0, 0.1) is 6.92 Å². The lowest BCUT2D eigenvalue weighted by Crippen LogP contribution is -2.47. The molecule has 4 heterocycles. The van der Waals surface area contributed by atoms with Crippen molar-refractivity contribution in [1.29, 1.82) is 0 Å². The predicted molar refractivity (Wildman–Crippen MR) is 107 cm³/mol. The van der Waals surface area contributed by atoms with Crippen LogP contribution in [0.4, 0.5) is 10.9 Å². The summed E-state index contributed by atoms with van der Waals surface area (Å²) in [5.74, 6) is 1.88. The molecule has 0 radical (unpaired) electrons. The Morgan fingerprint density at radius 2 is 1.73 bits per heavy atom. The van der Waals surface area contributed by atoms with Crippen molar-refractivity contribution in [3.63, 3.8) is 0 Å². The monoisotopic (exact) mass is 368 g/mol. The summed E-state index contributed by atoms with van der Waals surface area (Å²) in [6, 6.07) is 4.18. The van der Waals surface area contributed by atoms with Gasteiger partial charge >= 0.3 is 0 Å². The van der Waals surface area contributed by atoms with Crippen LogP contribution in [-0.4, -0.2) is 46.1 Å². The number of aromatic nitrogens is 4. The van der Waals surface area contributed by atoms with E-state index in [-0.39, 0.29) is 5.41 Å². The number of rotatable bonds is 2. The summed E-state index contributed by atoms with van der Waals surface area (Å²) in [4.78, 5) is 22.9. The summed E-state index contributed by atoms with van der Waals surface area (Å²) in [6.45, 7) is 12.3. The highest BCUT2D eigenvalue weighted by molar-refractivity contribution is 7.22. The van der Waals surface area contributed by atoms with E-state index in [1.807, 2.05) is 25.4 Å². The van der Waals surface area contributed by atoms with Gasteiger partial charge in [-0.25, -0.2) is 15.0 Å². The van der Waals surface area contributed by atoms with Crippen LogP contribution in [0.1, 0.15) is 32.3 Å². The number of anilines is 2. The molecule has 0 atom stereocenters. The Balaban J connectivity index is 1.51. The summed E-state index contributed by atoms with van der Waals surface area (Å²) in [6.07, 6.45) is 3.66. The van der Waals surface area contributed by atoms with Gasteiger partial charge in [-0.3, -0.25) is 4.98 Å². The predicted octanol–water partition coefficient (Wildman–Crippen LogP) is 3.41. The second-order valence-electron chi connectivity index (χ2n) is 7.72. The number of piperazine rings is 1. The standard InChI is InChI=1S/C19H24N6S/c1-13-21-16(19(2,3)4)11-17(22-13)24-7-9-25(10-8-24)18-23-14-12-20-6-5-15(14)26-18/h5-6,11-12H,7-10H2,1-4H3. The average Bonchev–Trinajstić information content (AvgIpc) is 3.05. The lowest BCUT2D eigenvalue weighted by molar-refractivity contribution is 0.561. The Morgan fingerprint density at radius 1 is 1.00 bits per heavy atom. The fraction of sp³-hybridized carbons (Fsp3) is 0.474. The normalized spacial score (nSPS) is 15.7. The van der Waals surface area contributed by atoms with E-state index in [9.17, 15) is 0 Å². The van der Waals surface area contributed by atoms with Gasteiger partial charge in [0.15, 0.2) is 5.13 Å². The third kappa shape index (κ3) is 3.35. The first-order chi connectivity index (χ1) is 12.4. The first-order valence-electron chi connectivity index (χ1n) is 8.97. The van der Waals surface area contributed by atoms with E-state index in [1.54, 1.807) is 11.3 Å². The van der Waals surface area contributed by atoms with Gasteiger partial charge in [-0.15, -0.1) is 0 Å². The maximum atomic E-state index is 4.73. The van der Waals surface area contributed by atoms with Gasteiger partial charge in [0, 0.05) is 43.9 Å². The zero-order valence-corrected chi connectivity index (χ0v) is 16.5. The number of aryl methyl sites for hydroxylation is 1. The molecular weight excluding hydrogens is 344 g/mol. The smallest absolute Gasteiger partial charge is 0.186 e. The second kappa shape index (κ2) is 6.46. The molecule has 6 nitrogen and oxygen atoms in total. The number of thiazole rings is 1. The Labute approximate surface area is 157 Å². The molecule has 0 unspecified atom stereocenters. The van der Waals surface area contributed by atoms with Gasteiger partial charge in [-0.1, -0.05) is 32.1 Å². The molecule has 7 heteroatoms. The highest BCUT2D eigenvalue weighted by Crippen LogP contribution is 2.30. The van der Waals surface area contributed by atoms with Crippen molar-refractivity contribution >= 4 is 32.5 Å². The minimum absolute atomic E-state index is 0.0271. The third-order valence-corrected chi connectivity index (χ3v) is 5.74. The van der Waals surface area contributed by atoms with Gasteiger partial charge in [0.05, 0.1) is 16.6 Å². The van der Waals surface area contributed by atoms with Gasteiger partial charge in [-0.05, 0) is 13.0 Å². The molecule has 136 valence electrons. The van der Waals surface area contributed by atoms with Crippen LogP contribution >= 0.6 is 11.3 Å². The molecule has 1 aliphatic rings. The van der Waals surface area contributed by atoms with Crippen LogP contribution < -0.4 is 9.80 Å². The van der Waals surface area contributed by atoms with E-state index in [4.69, 9.17) is 4.98 Å². The van der Waals surface area contributed by atoms with Crippen LogP contribution in [-0.2, 0) is 5.41 Å². The summed E-state index contributed by atoms with van der Waals surface area (Å²) in [7, 11) is 0. The van der Waals surface area contributed by atoms with Crippen molar-refractivity contribution < 1.29 is 0 Å². The van der Waals surface area contributed by atoms with E-state index in [0.29, 0.717) is 0 Å². The molecule has 1 aliphatic heterocycles. The lowest BCUT2D eigenvalue weighted by atomic mass is 9.92. The summed E-state index contributed by atoms with van der Waals surface area (Å²) >= 11 is 1.74. The lowest BCUT2D eigenvalue weighted by Gasteiger charge is -2.35. The van der Waals surface area contributed by atoms with Gasteiger partial charge in [0.2, 0.25) is 0 Å². The van der Waals surface area contributed by atoms with Crippen LogP contribution in [0.15, 0.2) is 24.5 Å². The van der Waals surface area contributed by atoms with Crippen LogP contribution in [0.25, 0.3) is 10.2 Å². The van der Waals surface area contributed by atoms with Crippen LogP contribution in [0.5, 0.6) is 0 Å². The molecule has 0 N–H and O–H groups in total. The van der Waals surface area contributed by atoms with Crippen molar-refractivity contribution in [1.82, 2.24) is 19.9 Å². The molecule has 3 aromatic rings. The SMILES string of the molecule is Cc1nc(N2CCN(c3nc4cnccc4s3)CC2)cc(C(C)(C)C)n1. The molecule has 0 amide bonds. The number of pyridine rings is 1. The Hall–Kier alpha value is -2.28. The largest absolute Gasteiger partial charge is 0.353 e. The van der Waals surface area contributed by atoms with E-state index >= 15 is 0 Å². The highest BCUT2D eigenvalue weighted by Gasteiger charge is 2.23. The van der Waals surface area contributed by atoms with Gasteiger partial charge in [0.25, 0.3) is 0 Å². The van der Waals surface area contributed by atoms with Crippen LogP contribution in [0.3, 0.4) is 0 Å². The zero-order valence-electron chi connectivity index (χ0n) is 15.7. The van der Waals surface area contributed by atoms with Crippen molar-refractivity contribution in [2.24, 2.45) is 0 Å². The minimum atomic E-state index is 0.0271. The Kier molecular flexibility index (Phi) is 4.26. The molecule has 0 spiro atoms. The van der Waals surface area contributed by atoms with Gasteiger partial charge in [-0.2, -0.15) is 0 Å². The van der Waals surface area contributed by atoms with Crippen molar-refractivity contribution in [3.05, 3.63) is 36.0 Å². The van der Waals surface area contributed by atoms with E-state index in [0.717, 1.165) is 54.2 Å². The van der Waals surface area contributed by atoms with Gasteiger partial charge in [0.1, 0.15) is 17.2 Å². The number of hydrogen-bond donors (Lipinski definition) is 0. The van der Waals surface area contributed by atoms with E-state index in [2.05, 4.69) is 51.6 Å². The fourth-order valence-electron chi connectivity index (χ4n) is 3.13. The molecular formula is C19H24N6S. The van der Waals surface area contributed by atoms with Crippen molar-refractivity contribution in [2.75, 3.05) is 36.0 Å². The maximum absolute atomic E-state index is 4.73. The molecule has 1 fully saturated rings. The highest BCUT2D eigenvalue weighted by atomic mass is 32.1. The second-order valence-corrected chi connectivity index (χ2v) is 8.73. The van der Waals surface area contributed by atoms with Crippen molar-refractivity contribution in [2.45, 2.75) is 33.1 Å². The molecule has 26 heavy (non-hydrogen) atoms. The minimum Gasteiger partial charge on any atom is -0.353 e. The van der Waals surface area contributed by atoms with E-state index < -0.39 is 0 Å². The number of hydrogen-bond acceptors (Lipinski definition) is 7. The summed E-state index contributed by atoms with van der Waals surface area (Å²) in [5.41, 5.74) is 2.11. The maximum Gasteiger partial charge on any atom is 0.186 e. The van der Waals surface area contributed by atoms with Gasteiger partial charge < -0.3 is 9.80 Å². The molecule has 1 saturated heterocycles. The number of nitrogens with zero attached hydrogens (tertiary/aromatic N) is 6. The summed E-state index contributed by atoms with van der Waals surface area (Å²) < 4.78 is 1.19. The molecule has 0 aliphatic carbocycles. The molecule has 4 rings (SSSR count). The quantitative estimate of drug-likeness (QED) is 0.691. The fourth-order valence-corrected chi connectivity index (χ4v) is 4.11. The first kappa shape index (κ1) is 17.1. The Morgan fingerprint density at radius 3 is 2.42 bits per heavy atom. The average molecular weight is 369 g/mol. The molecule has 0 aromatic carbocycles. The van der Waals surface area contributed by atoms with Crippen molar-refractivity contribution in [3.8, 4) is 0 Å². The molecule has 0 bridgehead atoms. The first-order valence-corrected chi connectivity index (χ1v) is 9.78. The molecule has 0 saturated carbocycles. The van der Waals surface area contributed by atoms with Crippen LogP contribution in [0.2, 0.25) is 0 Å². The Bertz CT molecular complexity index is 888. The topological polar surface area (TPSA) is 58.0 Å². The zero-order chi connectivity index (χ0) is 18.3. The summed E-state index contributed by atoms with van der Waals surface area (Å²) in [5, 5.41) is 1.09. The molecule has 3 aromatic heterocycles.